The summed E-state index contributed by atoms with van der Waals surface area (Å²) in [4.78, 5) is 4.82. The third-order valence-electron chi connectivity index (χ3n) is 2.06. The summed E-state index contributed by atoms with van der Waals surface area (Å²) >= 11 is 1.49. The molecule has 0 aliphatic rings. The van der Waals surface area contributed by atoms with Crippen LogP contribution in [0.4, 0.5) is 0 Å². The van der Waals surface area contributed by atoms with Gasteiger partial charge >= 0.3 is 0 Å². The van der Waals surface area contributed by atoms with E-state index in [0.717, 1.165) is 4.88 Å². The van der Waals surface area contributed by atoms with Gasteiger partial charge in [-0.2, -0.15) is 0 Å². The normalized spacial score (nSPS) is 11.8. The molecule has 2 aromatic heterocycles. The van der Waals surface area contributed by atoms with Crippen molar-refractivity contribution in [2.24, 2.45) is 0 Å². The van der Waals surface area contributed by atoms with E-state index < -0.39 is 9.84 Å². The second-order valence-electron chi connectivity index (χ2n) is 3.41. The van der Waals surface area contributed by atoms with E-state index in [1.54, 1.807) is 0 Å². The molecule has 0 aromatic carbocycles. The van der Waals surface area contributed by atoms with Gasteiger partial charge < -0.3 is 9.52 Å². The first kappa shape index (κ1) is 12.3. The Morgan fingerprint density at radius 1 is 1.47 bits per heavy atom. The zero-order chi connectivity index (χ0) is 12.3. The lowest BCUT2D eigenvalue weighted by Gasteiger charge is -1.97. The summed E-state index contributed by atoms with van der Waals surface area (Å²) in [6.07, 6.45) is 1.51. The van der Waals surface area contributed by atoms with E-state index in [1.165, 1.54) is 17.5 Å². The lowest BCUT2D eigenvalue weighted by Crippen LogP contribution is -2.12. The molecule has 0 saturated heterocycles. The van der Waals surface area contributed by atoms with Gasteiger partial charge in [0.1, 0.15) is 5.75 Å². The van der Waals surface area contributed by atoms with E-state index in [1.807, 2.05) is 17.5 Å². The maximum atomic E-state index is 11.4. The van der Waals surface area contributed by atoms with Crippen molar-refractivity contribution in [1.29, 1.82) is 0 Å². The molecular weight excluding hydrogens is 262 g/mol. The molecule has 2 rings (SSSR count). The Labute approximate surface area is 103 Å². The molecule has 0 fully saturated rings. The summed E-state index contributed by atoms with van der Waals surface area (Å²) < 4.78 is 28.2. The third-order valence-corrected chi connectivity index (χ3v) is 4.44. The van der Waals surface area contributed by atoms with Gasteiger partial charge in [0, 0.05) is 0 Å². The molecule has 0 bridgehead atoms. The van der Waals surface area contributed by atoms with E-state index >= 15 is 0 Å². The molecule has 0 spiro atoms. The van der Waals surface area contributed by atoms with Gasteiger partial charge in [-0.1, -0.05) is 6.07 Å². The van der Waals surface area contributed by atoms with Crippen LogP contribution in [0.2, 0.25) is 0 Å². The highest BCUT2D eigenvalue weighted by Gasteiger charge is 2.16. The van der Waals surface area contributed by atoms with Crippen LogP contribution in [0.15, 0.2) is 28.1 Å². The number of aliphatic hydroxyl groups is 1. The summed E-state index contributed by atoms with van der Waals surface area (Å²) in [5.41, 5.74) is 0. The Morgan fingerprint density at radius 2 is 2.29 bits per heavy atom. The van der Waals surface area contributed by atoms with Crippen molar-refractivity contribution in [2.75, 3.05) is 12.4 Å². The summed E-state index contributed by atoms with van der Waals surface area (Å²) in [6, 6.07) is 3.75. The Kier molecular flexibility index (Phi) is 3.60. The van der Waals surface area contributed by atoms with E-state index in [4.69, 9.17) is 9.52 Å². The van der Waals surface area contributed by atoms with Crippen LogP contribution in [-0.4, -0.2) is 30.9 Å². The minimum atomic E-state index is -3.34. The van der Waals surface area contributed by atoms with E-state index in [-0.39, 0.29) is 24.0 Å². The summed E-state index contributed by atoms with van der Waals surface area (Å²) in [6.45, 7) is -0.388. The molecule has 0 aliphatic heterocycles. The first-order valence-corrected chi connectivity index (χ1v) is 7.61. The van der Waals surface area contributed by atoms with Crippen LogP contribution in [0.5, 0.6) is 0 Å². The number of thiophene rings is 1. The number of hydrogen-bond donors (Lipinski definition) is 1. The van der Waals surface area contributed by atoms with Gasteiger partial charge in [0.25, 0.3) is 0 Å². The third kappa shape index (κ3) is 3.15. The Balaban J connectivity index is 2.15. The van der Waals surface area contributed by atoms with Gasteiger partial charge in [0.05, 0.1) is 23.4 Å². The maximum Gasteiger partial charge on any atom is 0.210 e. The second-order valence-corrected chi connectivity index (χ2v) is 6.54. The van der Waals surface area contributed by atoms with Crippen molar-refractivity contribution >= 4 is 21.2 Å². The number of rotatable bonds is 5. The molecule has 92 valence electrons. The molecule has 5 nitrogen and oxygen atoms in total. The van der Waals surface area contributed by atoms with Gasteiger partial charge in [-0.3, -0.25) is 0 Å². The van der Waals surface area contributed by atoms with E-state index in [0.29, 0.717) is 5.76 Å². The first-order valence-electron chi connectivity index (χ1n) is 4.90. The van der Waals surface area contributed by atoms with Crippen LogP contribution in [0.25, 0.3) is 10.6 Å². The highest BCUT2D eigenvalue weighted by atomic mass is 32.2. The zero-order valence-corrected chi connectivity index (χ0v) is 10.5. The standard InChI is InChI=1S/C10H11NO4S2/c12-3-5-17(13,14)7-10-11-6-8(15-10)9-2-1-4-16-9/h1-2,4,6,12H,3,5,7H2. The van der Waals surface area contributed by atoms with Crippen LogP contribution in [-0.2, 0) is 15.6 Å². The number of nitrogens with zero attached hydrogens (tertiary/aromatic N) is 1. The molecule has 0 atom stereocenters. The fraction of sp³-hybridized carbons (Fsp3) is 0.300. The van der Waals surface area contributed by atoms with Gasteiger partial charge in [-0.05, 0) is 11.4 Å². The van der Waals surface area contributed by atoms with E-state index in [9.17, 15) is 8.42 Å². The molecule has 0 unspecified atom stereocenters. The van der Waals surface area contributed by atoms with Gasteiger partial charge in [-0.15, -0.1) is 11.3 Å². The van der Waals surface area contributed by atoms with E-state index in [2.05, 4.69) is 4.98 Å². The average molecular weight is 273 g/mol. The molecule has 0 saturated carbocycles. The van der Waals surface area contributed by atoms with Crippen molar-refractivity contribution < 1.29 is 17.9 Å². The minimum Gasteiger partial charge on any atom is -0.439 e. The van der Waals surface area contributed by atoms with Crippen molar-refractivity contribution in [1.82, 2.24) is 4.98 Å². The monoisotopic (exact) mass is 273 g/mol. The topological polar surface area (TPSA) is 80.4 Å². The van der Waals surface area contributed by atoms with Crippen LogP contribution in [0.1, 0.15) is 5.89 Å². The highest BCUT2D eigenvalue weighted by molar-refractivity contribution is 7.90. The first-order chi connectivity index (χ1) is 8.11. The second kappa shape index (κ2) is 4.99. The molecule has 17 heavy (non-hydrogen) atoms. The van der Waals surface area contributed by atoms with Gasteiger partial charge in [0.2, 0.25) is 5.89 Å². The zero-order valence-electron chi connectivity index (χ0n) is 8.87. The van der Waals surface area contributed by atoms with Crippen LogP contribution in [0, 0.1) is 0 Å². The summed E-state index contributed by atoms with van der Waals surface area (Å²) in [5.74, 6) is 0.166. The fourth-order valence-corrected chi connectivity index (χ4v) is 2.91. The molecule has 0 amide bonds. The Hall–Kier alpha value is -1.18. The highest BCUT2D eigenvalue weighted by Crippen LogP contribution is 2.25. The smallest absolute Gasteiger partial charge is 0.210 e. The van der Waals surface area contributed by atoms with Gasteiger partial charge in [-0.25, -0.2) is 13.4 Å². The maximum absolute atomic E-state index is 11.4. The number of hydrogen-bond acceptors (Lipinski definition) is 6. The number of oxazole rings is 1. The molecular formula is C10H11NO4S2. The molecule has 2 aromatic rings. The SMILES string of the molecule is O=S(=O)(CCO)Cc1ncc(-c2cccs2)o1. The van der Waals surface area contributed by atoms with Crippen molar-refractivity contribution in [3.63, 3.8) is 0 Å². The van der Waals surface area contributed by atoms with Gasteiger partial charge in [0.15, 0.2) is 15.6 Å². The number of sulfone groups is 1. The fourth-order valence-electron chi connectivity index (χ4n) is 1.31. The van der Waals surface area contributed by atoms with Crippen LogP contribution in [0.3, 0.4) is 0 Å². The summed E-state index contributed by atoms with van der Waals surface area (Å²) in [7, 11) is -3.34. The summed E-state index contributed by atoms with van der Waals surface area (Å²) in [5, 5.41) is 10.5. The van der Waals surface area contributed by atoms with Crippen LogP contribution >= 0.6 is 11.3 Å². The Bertz CT molecular complexity index is 571. The largest absolute Gasteiger partial charge is 0.439 e. The molecule has 0 radical (unpaired) electrons. The average Bonchev–Trinajstić information content (AvgIpc) is 2.85. The van der Waals surface area contributed by atoms with Crippen molar-refractivity contribution in [3.8, 4) is 10.6 Å². The quantitative estimate of drug-likeness (QED) is 0.888. The Morgan fingerprint density at radius 3 is 2.94 bits per heavy atom. The number of aromatic nitrogens is 1. The van der Waals surface area contributed by atoms with Crippen LogP contribution < -0.4 is 0 Å². The minimum absolute atomic E-state index is 0.154. The van der Waals surface area contributed by atoms with Crippen molar-refractivity contribution in [3.05, 3.63) is 29.6 Å². The predicted octanol–water partition coefficient (Wildman–Crippen LogP) is 1.31. The lowest BCUT2D eigenvalue weighted by molar-refractivity contribution is 0.319. The lowest BCUT2D eigenvalue weighted by atomic mass is 10.4. The molecule has 7 heteroatoms. The number of aliphatic hydroxyl groups excluding tert-OH is 1. The molecule has 1 N–H and O–H groups in total. The van der Waals surface area contributed by atoms with Crippen molar-refractivity contribution in [2.45, 2.75) is 5.75 Å². The molecule has 0 aliphatic carbocycles. The predicted molar refractivity (Wildman–Crippen MR) is 64.4 cm³/mol. The molecule has 2 heterocycles.